The van der Waals surface area contributed by atoms with Gasteiger partial charge in [0.2, 0.25) is 0 Å². The lowest BCUT2D eigenvalue weighted by atomic mass is 10.0. The van der Waals surface area contributed by atoms with E-state index < -0.39 is 0 Å². The number of halogens is 1. The molecule has 11 heteroatoms. The molecule has 0 radical (unpaired) electrons. The Morgan fingerprint density at radius 3 is 0.589 bits per heavy atom. The quantitative estimate of drug-likeness (QED) is 0.0923. The van der Waals surface area contributed by atoms with Crippen molar-refractivity contribution >= 4 is 204 Å². The first kappa shape index (κ1) is 88.7. The third-order valence-corrected chi connectivity index (χ3v) is 29.0. The van der Waals surface area contributed by atoms with Gasteiger partial charge in [-0.05, 0) is 304 Å². The van der Waals surface area contributed by atoms with Gasteiger partial charge in [-0.15, -0.1) is 0 Å². The molecule has 6 heterocycles. The number of benzene rings is 22. The van der Waals surface area contributed by atoms with Crippen molar-refractivity contribution < 1.29 is 0 Å². The highest BCUT2D eigenvalue weighted by Crippen LogP contribution is 2.50. The zero-order chi connectivity index (χ0) is 96.5. The van der Waals surface area contributed by atoms with Gasteiger partial charge in [0.1, 0.15) is 0 Å². The van der Waals surface area contributed by atoms with Crippen molar-refractivity contribution in [1.82, 2.24) is 27.4 Å². The Morgan fingerprint density at radius 2 is 0.356 bits per heavy atom. The van der Waals surface area contributed by atoms with E-state index in [9.17, 15) is 0 Å². The van der Waals surface area contributed by atoms with Crippen LogP contribution in [0, 0.1) is 6.92 Å². The maximum Gasteiger partial charge on any atom is 0.0542 e. The minimum Gasteiger partial charge on any atom is -0.399 e. The van der Waals surface area contributed by atoms with E-state index in [1.165, 1.54) is 98.0 Å². The zero-order valence-corrected chi connectivity index (χ0v) is 81.1. The number of nitrogen functional groups attached to an aromatic ring is 1. The highest BCUT2D eigenvalue weighted by atomic mass is 79.9. The number of nitrogens with two attached hydrogens (primary N) is 1. The number of para-hydroxylation sites is 12. The van der Waals surface area contributed by atoms with Gasteiger partial charge in [-0.25, -0.2) is 0 Å². The fraction of sp³-hybridized carbons (Fsp3) is 0.0222. The van der Waals surface area contributed by atoms with E-state index in [-0.39, 0.29) is 7.43 Å². The molecule has 28 rings (SSSR count). The van der Waals surface area contributed by atoms with Crippen molar-refractivity contribution in [2.45, 2.75) is 20.8 Å². The van der Waals surface area contributed by atoms with Crippen molar-refractivity contribution in [3.63, 3.8) is 0 Å². The Kier molecular flexibility index (Phi) is 22.9. The van der Waals surface area contributed by atoms with Crippen molar-refractivity contribution in [2.75, 3.05) is 20.4 Å². The van der Waals surface area contributed by atoms with Crippen LogP contribution in [-0.4, -0.2) is 27.4 Å². The largest absolute Gasteiger partial charge is 0.399 e. The molecule has 0 fully saturated rings. The van der Waals surface area contributed by atoms with Crippen LogP contribution in [0.4, 0.5) is 56.9 Å². The van der Waals surface area contributed by atoms with E-state index in [1.54, 1.807) is 0 Å². The lowest BCUT2D eigenvalue weighted by Gasteiger charge is -2.30. The lowest BCUT2D eigenvalue weighted by molar-refractivity contribution is 1.18. The minimum atomic E-state index is 0. The van der Waals surface area contributed by atoms with Gasteiger partial charge in [-0.1, -0.05) is 284 Å². The van der Waals surface area contributed by atoms with Crippen LogP contribution in [0.2, 0.25) is 0 Å². The number of fused-ring (bicyclic) bond motifs is 18. The van der Waals surface area contributed by atoms with E-state index >= 15 is 0 Å². The predicted octanol–water partition coefficient (Wildman–Crippen LogP) is 36.9. The summed E-state index contributed by atoms with van der Waals surface area (Å²) in [4.78, 5) is 7.32. The summed E-state index contributed by atoms with van der Waals surface area (Å²) in [5.74, 6) is 0. The summed E-state index contributed by atoms with van der Waals surface area (Å²) >= 11 is 3.57. The normalized spacial score (nSPS) is 11.5. The van der Waals surface area contributed by atoms with E-state index in [4.69, 9.17) is 5.73 Å². The zero-order valence-electron chi connectivity index (χ0n) is 79.5. The van der Waals surface area contributed by atoms with Crippen LogP contribution in [0.5, 0.6) is 0 Å². The topological polar surface area (TPSA) is 65.3 Å². The number of anilines is 10. The average molecular weight is 1940 g/mol. The molecule has 0 aliphatic carbocycles. The monoisotopic (exact) mass is 1940 g/mol. The highest BCUT2D eigenvalue weighted by molar-refractivity contribution is 9.10. The molecule has 0 atom stereocenters. The molecular formula is C135H99BrN10. The van der Waals surface area contributed by atoms with E-state index in [0.717, 1.165) is 151 Å². The lowest BCUT2D eigenvalue weighted by Crippen LogP contribution is -2.13. The van der Waals surface area contributed by atoms with Gasteiger partial charge in [-0.3, -0.25) is 0 Å². The Morgan fingerprint density at radius 1 is 0.178 bits per heavy atom. The summed E-state index contributed by atoms with van der Waals surface area (Å²) in [5, 5.41) is 14.4. The van der Waals surface area contributed by atoms with Gasteiger partial charge in [-0.2, -0.15) is 0 Å². The Hall–Kier alpha value is -18.7. The Labute approximate surface area is 855 Å². The second kappa shape index (κ2) is 37.7. The number of aromatic nitrogens is 6. The van der Waals surface area contributed by atoms with Gasteiger partial charge >= 0.3 is 0 Å². The first-order valence-corrected chi connectivity index (χ1v) is 50.2. The maximum absolute atomic E-state index is 5.64. The number of aryl methyl sites for hydroxylation is 1. The van der Waals surface area contributed by atoms with Crippen molar-refractivity contribution in [3.8, 4) is 34.1 Å². The first-order valence-electron chi connectivity index (χ1n) is 49.4. The van der Waals surface area contributed by atoms with Crippen molar-refractivity contribution in [2.24, 2.45) is 0 Å². The Bertz CT molecular complexity index is 9010. The average Bonchev–Trinajstić information content (AvgIpc) is 1.67. The molecule has 0 unspecified atom stereocenters. The van der Waals surface area contributed by atoms with Crippen LogP contribution in [0.25, 0.3) is 165 Å². The summed E-state index contributed by atoms with van der Waals surface area (Å²) in [6, 6.07) is 193. The molecule has 0 aliphatic heterocycles. The molecule has 0 bridgehead atoms. The van der Waals surface area contributed by atoms with E-state index in [1.807, 2.05) is 18.2 Å². The number of nitrogens with zero attached hydrogens (tertiary/aromatic N) is 9. The molecule has 0 saturated carbocycles. The molecule has 6 aromatic heterocycles. The molecule has 146 heavy (non-hydrogen) atoms. The smallest absolute Gasteiger partial charge is 0.0542 e. The molecule has 10 nitrogen and oxygen atoms in total. The SMILES string of the molecule is Brc1ccc2c(c1)c1ccccc1n2-c1ccccc1.C.Cc1ccc(Cc2ccc(N)cc2)cc1.c1ccc(-n2c3ccccc3c3cc(N(c4ccc(N(c5ccc6c(c5)c5ccccc5n6-c5ccccc5)c5ccc6c(c5)c5ccccc5n6-c5ccccc5)cc4)c4ccc(N(c5ccc6c(c5)c5ccccc5n6-c5ccccc5)c5ccc6c(c5)c5ccccc5n6-c5ccccc5)cc4)ccc32)cc1. The van der Waals surface area contributed by atoms with E-state index in [2.05, 4.69) is 581 Å². The van der Waals surface area contributed by atoms with Crippen LogP contribution in [-0.2, 0) is 6.42 Å². The molecule has 0 saturated heterocycles. The fourth-order valence-corrected chi connectivity index (χ4v) is 22.4. The van der Waals surface area contributed by atoms with Crippen molar-refractivity contribution in [1.29, 1.82) is 0 Å². The van der Waals surface area contributed by atoms with Crippen molar-refractivity contribution in [3.05, 3.63) is 555 Å². The summed E-state index contributed by atoms with van der Waals surface area (Å²) in [7, 11) is 0. The second-order valence-electron chi connectivity index (χ2n) is 37.2. The summed E-state index contributed by atoms with van der Waals surface area (Å²) in [5.41, 5.74) is 40.5. The Balaban J connectivity index is 0.000000258. The van der Waals surface area contributed by atoms with Crippen LogP contribution >= 0.6 is 15.9 Å². The van der Waals surface area contributed by atoms with Gasteiger partial charge < -0.3 is 47.8 Å². The van der Waals surface area contributed by atoms with Crippen LogP contribution in [0.15, 0.2) is 538 Å². The molecule has 696 valence electrons. The first-order chi connectivity index (χ1) is 71.7. The number of hydrogen-bond acceptors (Lipinski definition) is 4. The maximum atomic E-state index is 5.64. The third-order valence-electron chi connectivity index (χ3n) is 28.5. The van der Waals surface area contributed by atoms with Gasteiger partial charge in [0, 0.05) is 160 Å². The second-order valence-corrected chi connectivity index (χ2v) is 38.2. The highest BCUT2D eigenvalue weighted by Gasteiger charge is 2.27. The predicted molar refractivity (Wildman–Crippen MR) is 622 cm³/mol. The van der Waals surface area contributed by atoms with Gasteiger partial charge in [0.25, 0.3) is 0 Å². The molecule has 0 spiro atoms. The molecule has 0 amide bonds. The van der Waals surface area contributed by atoms with Gasteiger partial charge in [0.05, 0.1) is 66.2 Å². The van der Waals surface area contributed by atoms with Crippen LogP contribution in [0.3, 0.4) is 0 Å². The number of rotatable bonds is 17. The van der Waals surface area contributed by atoms with Crippen LogP contribution < -0.4 is 20.4 Å². The van der Waals surface area contributed by atoms with E-state index in [0.29, 0.717) is 0 Å². The minimum absolute atomic E-state index is 0. The molecule has 2 N–H and O–H groups in total. The molecule has 0 aliphatic rings. The summed E-state index contributed by atoms with van der Waals surface area (Å²) < 4.78 is 15.4. The third kappa shape index (κ3) is 15.9. The number of hydrogen-bond donors (Lipinski definition) is 1. The summed E-state index contributed by atoms with van der Waals surface area (Å²) in [6.45, 7) is 2.10. The van der Waals surface area contributed by atoms with Gasteiger partial charge in [0.15, 0.2) is 0 Å². The fourth-order valence-electron chi connectivity index (χ4n) is 22.0. The summed E-state index contributed by atoms with van der Waals surface area (Å²) in [6.07, 6.45) is 0.973. The van der Waals surface area contributed by atoms with Crippen LogP contribution in [0.1, 0.15) is 24.1 Å². The molecule has 28 aromatic rings. The molecule has 22 aromatic carbocycles. The molecular weight excluding hydrogens is 1840 g/mol. The standard InChI is InChI=1S/C102H68N8.C18H12BrN.C14H15N.CH4/c1-6-26-69(27-7-1)106-93-41-21-16-36-83(93)88-64-78(54-59-98(88)106)103(74-46-50-76(51-47-74)104(79-55-60-99-89(65-79)84-37-17-22-42-94(84)107(99)70-28-8-2-9-29-70)80-56-61-100-90(66-80)85-38-18-23-43-95(85)108(100)71-30-10-3-11-31-71)75-48-52-77(53-49-75)105(81-57-62-101-91(67-81)86-39-19-24-44-96(86)109(101)72-32-12-4-13-33-72)82-58-63-102-92(68-82)87-40-20-25-45-97(87)110(102)73-34-14-5-15-35-73;19-13-10-11-18-16(12-13)15-8-4-5-9-17(15)20(18)14-6-2-1-3-7-14;1-11-2-4-12(5-3-11)10-13-6-8-14(15)9-7-13;/h1-68H;1-12H;2-9H,10,15H2,1H3;1H4.